The van der Waals surface area contributed by atoms with E-state index >= 15 is 0 Å². The summed E-state index contributed by atoms with van der Waals surface area (Å²) >= 11 is 0. The van der Waals surface area contributed by atoms with Crippen molar-refractivity contribution in [2.45, 2.75) is 19.4 Å². The number of hydrogen-bond donors (Lipinski definition) is 0. The minimum atomic E-state index is -0.342. The van der Waals surface area contributed by atoms with Crippen LogP contribution in [0.3, 0.4) is 0 Å². The molecule has 5 heteroatoms. The molecule has 4 nitrogen and oxygen atoms in total. The van der Waals surface area contributed by atoms with Gasteiger partial charge in [-0.3, -0.25) is 4.79 Å². The highest BCUT2D eigenvalue weighted by Gasteiger charge is 2.20. The number of amides is 1. The van der Waals surface area contributed by atoms with E-state index in [-0.39, 0.29) is 24.4 Å². The average Bonchev–Trinajstić information content (AvgIpc) is 2.38. The first-order valence-corrected chi connectivity index (χ1v) is 6.43. The molecule has 0 saturated carbocycles. The molecule has 0 aromatic heterocycles. The Hall–Kier alpha value is -1.62. The summed E-state index contributed by atoms with van der Waals surface area (Å²) in [5, 5.41) is 0. The maximum absolute atomic E-state index is 12.9. The van der Waals surface area contributed by atoms with E-state index in [1.165, 1.54) is 12.1 Å². The zero-order chi connectivity index (χ0) is 13.7. The van der Waals surface area contributed by atoms with Gasteiger partial charge in [0.15, 0.2) is 0 Å². The van der Waals surface area contributed by atoms with Crippen LogP contribution in [-0.2, 0) is 9.53 Å². The molecule has 1 aliphatic heterocycles. The molecule has 1 saturated heterocycles. The van der Waals surface area contributed by atoms with Crippen LogP contribution in [0, 0.1) is 5.82 Å². The Morgan fingerprint density at radius 2 is 2.42 bits per heavy atom. The maximum atomic E-state index is 12.9. The Morgan fingerprint density at radius 1 is 1.58 bits per heavy atom. The quantitative estimate of drug-likeness (QED) is 0.835. The third-order valence-electron chi connectivity index (χ3n) is 2.97. The van der Waals surface area contributed by atoms with Gasteiger partial charge in [0.05, 0.1) is 25.7 Å². The van der Waals surface area contributed by atoms with Gasteiger partial charge in [-0.05, 0) is 19.1 Å². The molecule has 0 radical (unpaired) electrons. The van der Waals surface area contributed by atoms with Crippen LogP contribution in [-0.4, -0.2) is 43.2 Å². The predicted molar refractivity (Wildman–Crippen MR) is 68.5 cm³/mol. The van der Waals surface area contributed by atoms with Gasteiger partial charge in [0.25, 0.3) is 0 Å². The average molecular weight is 267 g/mol. The predicted octanol–water partition coefficient (Wildman–Crippen LogP) is 1.84. The third-order valence-corrected chi connectivity index (χ3v) is 2.97. The fraction of sp³-hybridized carbons (Fsp3) is 0.500. The molecule has 2 rings (SSSR count). The van der Waals surface area contributed by atoms with Crippen molar-refractivity contribution in [3.05, 3.63) is 30.1 Å². The summed E-state index contributed by atoms with van der Waals surface area (Å²) in [6, 6.07) is 5.91. The largest absolute Gasteiger partial charge is 0.493 e. The van der Waals surface area contributed by atoms with Crippen molar-refractivity contribution < 1.29 is 18.7 Å². The van der Waals surface area contributed by atoms with Crippen LogP contribution in [0.25, 0.3) is 0 Å². The van der Waals surface area contributed by atoms with Gasteiger partial charge in [-0.15, -0.1) is 0 Å². The third kappa shape index (κ3) is 4.21. The Morgan fingerprint density at radius 3 is 3.16 bits per heavy atom. The highest BCUT2D eigenvalue weighted by atomic mass is 19.1. The fourth-order valence-electron chi connectivity index (χ4n) is 2.02. The Labute approximate surface area is 112 Å². The van der Waals surface area contributed by atoms with Gasteiger partial charge in [-0.1, -0.05) is 6.07 Å². The number of carbonyl (C=O) groups is 1. The van der Waals surface area contributed by atoms with Crippen LogP contribution in [0.2, 0.25) is 0 Å². The summed E-state index contributed by atoms with van der Waals surface area (Å²) in [6.07, 6.45) is 0.380. The van der Waals surface area contributed by atoms with Gasteiger partial charge < -0.3 is 14.4 Å². The van der Waals surface area contributed by atoms with E-state index in [2.05, 4.69) is 0 Å². The first-order chi connectivity index (χ1) is 9.15. The highest BCUT2D eigenvalue weighted by molar-refractivity contribution is 5.76. The van der Waals surface area contributed by atoms with E-state index in [0.29, 0.717) is 31.9 Å². The molecule has 1 heterocycles. The topological polar surface area (TPSA) is 38.8 Å². The van der Waals surface area contributed by atoms with Crippen molar-refractivity contribution in [1.82, 2.24) is 4.90 Å². The number of halogens is 1. The van der Waals surface area contributed by atoms with Gasteiger partial charge in [-0.2, -0.15) is 0 Å². The van der Waals surface area contributed by atoms with Crippen molar-refractivity contribution >= 4 is 5.91 Å². The molecule has 104 valence electrons. The van der Waals surface area contributed by atoms with Crippen LogP contribution < -0.4 is 4.74 Å². The normalized spacial score (nSPS) is 19.3. The van der Waals surface area contributed by atoms with E-state index in [1.54, 1.807) is 17.0 Å². The van der Waals surface area contributed by atoms with Crippen LogP contribution in [0.5, 0.6) is 5.75 Å². The first-order valence-electron chi connectivity index (χ1n) is 6.43. The number of benzene rings is 1. The second-order valence-electron chi connectivity index (χ2n) is 4.58. The lowest BCUT2D eigenvalue weighted by Crippen LogP contribution is -2.44. The molecule has 1 aromatic carbocycles. The van der Waals surface area contributed by atoms with Crippen molar-refractivity contribution in [3.63, 3.8) is 0 Å². The summed E-state index contributed by atoms with van der Waals surface area (Å²) in [4.78, 5) is 13.7. The van der Waals surface area contributed by atoms with Crippen LogP contribution in [0.4, 0.5) is 4.39 Å². The first kappa shape index (κ1) is 13.8. The number of hydrogen-bond acceptors (Lipinski definition) is 3. The number of rotatable bonds is 4. The standard InChI is InChI=1S/C14H18FNO3/c1-11-10-16(6-8-18-11)14(17)5-7-19-13-4-2-3-12(15)9-13/h2-4,9,11H,5-8,10H2,1H3/t11-/m0/s1. The van der Waals surface area contributed by atoms with Crippen LogP contribution in [0.1, 0.15) is 13.3 Å². The minimum Gasteiger partial charge on any atom is -0.493 e. The Kier molecular flexibility index (Phi) is 4.74. The number of nitrogens with zero attached hydrogens (tertiary/aromatic N) is 1. The molecule has 0 aliphatic carbocycles. The van der Waals surface area contributed by atoms with E-state index < -0.39 is 0 Å². The second kappa shape index (κ2) is 6.52. The molecular weight excluding hydrogens is 249 g/mol. The molecular formula is C14H18FNO3. The summed E-state index contributed by atoms with van der Waals surface area (Å²) < 4.78 is 23.7. The van der Waals surface area contributed by atoms with Gasteiger partial charge in [0.1, 0.15) is 11.6 Å². The molecule has 0 unspecified atom stereocenters. The number of morpholine rings is 1. The molecule has 1 fully saturated rings. The van der Waals surface area contributed by atoms with Gasteiger partial charge in [0, 0.05) is 19.2 Å². The summed E-state index contributed by atoms with van der Waals surface area (Å²) in [7, 11) is 0. The van der Waals surface area contributed by atoms with Crippen molar-refractivity contribution in [2.75, 3.05) is 26.3 Å². The second-order valence-corrected chi connectivity index (χ2v) is 4.58. The fourth-order valence-corrected chi connectivity index (χ4v) is 2.02. The van der Waals surface area contributed by atoms with Crippen molar-refractivity contribution in [2.24, 2.45) is 0 Å². The monoisotopic (exact) mass is 267 g/mol. The van der Waals surface area contributed by atoms with Gasteiger partial charge in [0.2, 0.25) is 5.91 Å². The number of ether oxygens (including phenoxy) is 2. The summed E-state index contributed by atoms with van der Waals surface area (Å²) in [5.41, 5.74) is 0. The molecule has 0 bridgehead atoms. The lowest BCUT2D eigenvalue weighted by atomic mass is 10.2. The highest BCUT2D eigenvalue weighted by Crippen LogP contribution is 2.12. The van der Waals surface area contributed by atoms with Crippen LogP contribution >= 0.6 is 0 Å². The molecule has 1 aliphatic rings. The molecule has 1 aromatic rings. The Balaban J connectivity index is 1.74. The lowest BCUT2D eigenvalue weighted by molar-refractivity contribution is -0.138. The molecule has 1 amide bonds. The van der Waals surface area contributed by atoms with Gasteiger partial charge in [-0.25, -0.2) is 4.39 Å². The van der Waals surface area contributed by atoms with Crippen molar-refractivity contribution in [1.29, 1.82) is 0 Å². The van der Waals surface area contributed by atoms with Gasteiger partial charge >= 0.3 is 0 Å². The van der Waals surface area contributed by atoms with E-state index in [0.717, 1.165) is 0 Å². The van der Waals surface area contributed by atoms with E-state index in [4.69, 9.17) is 9.47 Å². The lowest BCUT2D eigenvalue weighted by Gasteiger charge is -2.31. The summed E-state index contributed by atoms with van der Waals surface area (Å²) in [6.45, 7) is 4.04. The van der Waals surface area contributed by atoms with E-state index in [9.17, 15) is 9.18 Å². The Bertz CT molecular complexity index is 438. The molecule has 19 heavy (non-hydrogen) atoms. The molecule has 1 atom stereocenters. The molecule has 0 N–H and O–H groups in total. The van der Waals surface area contributed by atoms with E-state index in [1.807, 2.05) is 6.92 Å². The molecule has 0 spiro atoms. The zero-order valence-electron chi connectivity index (χ0n) is 11.0. The SMILES string of the molecule is C[C@H]1CN(C(=O)CCOc2cccc(F)c2)CCO1. The number of carbonyl (C=O) groups excluding carboxylic acids is 1. The zero-order valence-corrected chi connectivity index (χ0v) is 11.0. The maximum Gasteiger partial charge on any atom is 0.226 e. The van der Waals surface area contributed by atoms with Crippen LogP contribution in [0.15, 0.2) is 24.3 Å². The van der Waals surface area contributed by atoms with Crippen molar-refractivity contribution in [3.8, 4) is 5.75 Å². The smallest absolute Gasteiger partial charge is 0.226 e. The minimum absolute atomic E-state index is 0.0477. The summed E-state index contributed by atoms with van der Waals surface area (Å²) in [5.74, 6) is 0.153.